The topological polar surface area (TPSA) is 84.9 Å². The Bertz CT molecular complexity index is 906. The number of para-hydroxylation sites is 1. The highest BCUT2D eigenvalue weighted by atomic mass is 35.5. The van der Waals surface area contributed by atoms with Crippen LogP contribution in [0.25, 0.3) is 0 Å². The highest BCUT2D eigenvalue weighted by Crippen LogP contribution is 2.30. The van der Waals surface area contributed by atoms with Gasteiger partial charge < -0.3 is 14.8 Å². The summed E-state index contributed by atoms with van der Waals surface area (Å²) in [5, 5.41) is 3.07. The molecular weight excluding hydrogens is 416 g/mol. The van der Waals surface area contributed by atoms with Crippen LogP contribution < -0.4 is 19.1 Å². The summed E-state index contributed by atoms with van der Waals surface area (Å²) in [6, 6.07) is 14.1. The van der Waals surface area contributed by atoms with Crippen molar-refractivity contribution in [2.24, 2.45) is 0 Å². The van der Waals surface area contributed by atoms with Gasteiger partial charge in [-0.25, -0.2) is 8.42 Å². The number of ether oxygens (including phenoxy) is 2. The van der Waals surface area contributed by atoms with Crippen molar-refractivity contribution in [3.05, 3.63) is 53.6 Å². The second-order valence-electron chi connectivity index (χ2n) is 6.27. The van der Waals surface area contributed by atoms with Crippen molar-refractivity contribution in [2.45, 2.75) is 12.8 Å². The minimum atomic E-state index is -3.52. The number of anilines is 1. The Labute approximate surface area is 176 Å². The Morgan fingerprint density at radius 3 is 2.52 bits per heavy atom. The molecule has 0 heterocycles. The van der Waals surface area contributed by atoms with E-state index < -0.39 is 10.0 Å². The molecule has 0 saturated heterocycles. The molecule has 2 aromatic carbocycles. The van der Waals surface area contributed by atoms with Crippen molar-refractivity contribution < 1.29 is 22.7 Å². The van der Waals surface area contributed by atoms with Crippen LogP contribution in [-0.4, -0.2) is 47.4 Å². The van der Waals surface area contributed by atoms with E-state index in [4.69, 9.17) is 21.1 Å². The quantitative estimate of drug-likeness (QED) is 0.543. The summed E-state index contributed by atoms with van der Waals surface area (Å²) in [6.45, 7) is 0.891. The molecule has 0 bridgehead atoms. The number of amides is 1. The largest absolute Gasteiger partial charge is 0.495 e. The summed E-state index contributed by atoms with van der Waals surface area (Å²) in [4.78, 5) is 12.0. The first kappa shape index (κ1) is 22.8. The van der Waals surface area contributed by atoms with E-state index in [0.717, 1.165) is 12.0 Å². The fourth-order valence-corrected chi connectivity index (χ4v) is 3.85. The molecule has 0 saturated carbocycles. The first-order valence-electron chi connectivity index (χ1n) is 9.07. The van der Waals surface area contributed by atoms with Gasteiger partial charge in [-0.15, -0.1) is 0 Å². The molecular formula is C20H25ClN2O5S. The average molecular weight is 441 g/mol. The lowest BCUT2D eigenvalue weighted by Crippen LogP contribution is -2.32. The number of methoxy groups -OCH3 is 1. The molecule has 2 aromatic rings. The van der Waals surface area contributed by atoms with Gasteiger partial charge in [-0.3, -0.25) is 9.10 Å². The molecule has 7 nitrogen and oxygen atoms in total. The molecule has 0 aliphatic carbocycles. The van der Waals surface area contributed by atoms with Crippen LogP contribution in [0.5, 0.6) is 11.5 Å². The maximum atomic E-state index is 12.2. The third-order valence-electron chi connectivity index (χ3n) is 4.02. The lowest BCUT2D eigenvalue weighted by molar-refractivity contribution is -0.121. The van der Waals surface area contributed by atoms with Crippen molar-refractivity contribution in [2.75, 3.05) is 37.4 Å². The Balaban J connectivity index is 1.80. The van der Waals surface area contributed by atoms with Crippen molar-refractivity contribution >= 4 is 33.2 Å². The predicted octanol–water partition coefficient (Wildman–Crippen LogP) is 3.09. The summed E-state index contributed by atoms with van der Waals surface area (Å²) in [5.74, 6) is 1.03. The van der Waals surface area contributed by atoms with Crippen LogP contribution in [0, 0.1) is 0 Å². The fourth-order valence-electron chi connectivity index (χ4n) is 2.64. The van der Waals surface area contributed by atoms with E-state index in [0.29, 0.717) is 36.0 Å². The second kappa shape index (κ2) is 10.9. The Kier molecular flexibility index (Phi) is 8.60. The molecule has 0 aliphatic heterocycles. The van der Waals surface area contributed by atoms with Gasteiger partial charge in [0.25, 0.3) is 0 Å². The van der Waals surface area contributed by atoms with Gasteiger partial charge in [-0.1, -0.05) is 29.8 Å². The third-order valence-corrected chi connectivity index (χ3v) is 5.51. The van der Waals surface area contributed by atoms with Gasteiger partial charge in [0.05, 0.1) is 30.6 Å². The minimum Gasteiger partial charge on any atom is -0.495 e. The van der Waals surface area contributed by atoms with Crippen molar-refractivity contribution in [3.8, 4) is 11.5 Å². The van der Waals surface area contributed by atoms with E-state index in [-0.39, 0.29) is 18.9 Å². The van der Waals surface area contributed by atoms with Crippen LogP contribution in [0.4, 0.5) is 5.69 Å². The Morgan fingerprint density at radius 2 is 1.90 bits per heavy atom. The predicted molar refractivity (Wildman–Crippen MR) is 114 cm³/mol. The summed E-state index contributed by atoms with van der Waals surface area (Å²) in [6.07, 6.45) is 1.68. The zero-order valence-electron chi connectivity index (χ0n) is 16.4. The van der Waals surface area contributed by atoms with E-state index in [2.05, 4.69) is 5.32 Å². The van der Waals surface area contributed by atoms with Gasteiger partial charge >= 0.3 is 0 Å². The molecule has 0 spiro atoms. The highest BCUT2D eigenvalue weighted by Gasteiger charge is 2.19. The first-order valence-corrected chi connectivity index (χ1v) is 11.3. The first-order chi connectivity index (χ1) is 13.8. The van der Waals surface area contributed by atoms with Gasteiger partial charge in [0, 0.05) is 13.0 Å². The number of nitrogens with zero attached hydrogens (tertiary/aromatic N) is 1. The number of rotatable bonds is 11. The number of nitrogens with one attached hydrogen (secondary N) is 1. The van der Waals surface area contributed by atoms with Gasteiger partial charge in [0.15, 0.2) is 0 Å². The smallest absolute Gasteiger partial charge is 0.232 e. The molecule has 0 fully saturated rings. The average Bonchev–Trinajstić information content (AvgIpc) is 2.68. The lowest BCUT2D eigenvalue weighted by atomic mass is 10.2. The number of benzene rings is 2. The molecule has 0 atom stereocenters. The molecule has 158 valence electrons. The standard InChI is InChI=1S/C20H25ClN2O5S/c1-27-19-11-10-16(15-18(19)21)23(29(2,25)26)13-6-9-20(24)22-12-14-28-17-7-4-3-5-8-17/h3-5,7-8,10-11,15H,6,9,12-14H2,1-2H3,(H,22,24). The van der Waals surface area contributed by atoms with E-state index in [1.807, 2.05) is 30.3 Å². The van der Waals surface area contributed by atoms with Gasteiger partial charge in [0.2, 0.25) is 15.9 Å². The van der Waals surface area contributed by atoms with Crippen LogP contribution in [0.15, 0.2) is 48.5 Å². The number of carbonyl (C=O) groups is 1. The molecule has 1 amide bonds. The zero-order chi connectivity index (χ0) is 21.3. The molecule has 0 unspecified atom stereocenters. The zero-order valence-corrected chi connectivity index (χ0v) is 18.0. The summed E-state index contributed by atoms with van der Waals surface area (Å²) in [7, 11) is -2.04. The number of carbonyl (C=O) groups excluding carboxylic acids is 1. The number of hydrogen-bond donors (Lipinski definition) is 1. The van der Waals surface area contributed by atoms with Crippen LogP contribution >= 0.6 is 11.6 Å². The summed E-state index contributed by atoms with van der Waals surface area (Å²) >= 11 is 6.10. The Morgan fingerprint density at radius 1 is 1.17 bits per heavy atom. The van der Waals surface area contributed by atoms with Crippen molar-refractivity contribution in [1.29, 1.82) is 0 Å². The highest BCUT2D eigenvalue weighted by molar-refractivity contribution is 7.92. The van der Waals surface area contributed by atoms with E-state index in [1.54, 1.807) is 12.1 Å². The number of sulfonamides is 1. The SMILES string of the molecule is COc1ccc(N(CCCC(=O)NCCOc2ccccc2)S(C)(=O)=O)cc1Cl. The maximum Gasteiger partial charge on any atom is 0.232 e. The molecule has 0 aliphatic rings. The third kappa shape index (κ3) is 7.47. The van der Waals surface area contributed by atoms with Crippen molar-refractivity contribution in [3.63, 3.8) is 0 Å². The summed E-state index contributed by atoms with van der Waals surface area (Å²) in [5.41, 5.74) is 0.426. The maximum absolute atomic E-state index is 12.2. The van der Waals surface area contributed by atoms with Crippen LogP contribution in [0.1, 0.15) is 12.8 Å². The van der Waals surface area contributed by atoms with Crippen LogP contribution in [-0.2, 0) is 14.8 Å². The number of halogens is 1. The fraction of sp³-hybridized carbons (Fsp3) is 0.350. The molecule has 9 heteroatoms. The number of hydrogen-bond acceptors (Lipinski definition) is 5. The van der Waals surface area contributed by atoms with Gasteiger partial charge in [0.1, 0.15) is 18.1 Å². The molecule has 2 rings (SSSR count). The van der Waals surface area contributed by atoms with Crippen LogP contribution in [0.2, 0.25) is 5.02 Å². The van der Waals surface area contributed by atoms with Crippen molar-refractivity contribution in [1.82, 2.24) is 5.32 Å². The lowest BCUT2D eigenvalue weighted by Gasteiger charge is -2.23. The summed E-state index contributed by atoms with van der Waals surface area (Å²) < 4.78 is 36.1. The van der Waals surface area contributed by atoms with Gasteiger partial charge in [-0.05, 0) is 36.8 Å². The molecule has 29 heavy (non-hydrogen) atoms. The van der Waals surface area contributed by atoms with E-state index in [9.17, 15) is 13.2 Å². The Hall–Kier alpha value is -2.45. The van der Waals surface area contributed by atoms with E-state index >= 15 is 0 Å². The van der Waals surface area contributed by atoms with Crippen LogP contribution in [0.3, 0.4) is 0 Å². The normalized spacial score (nSPS) is 11.0. The molecule has 1 N–H and O–H groups in total. The van der Waals surface area contributed by atoms with Gasteiger partial charge in [-0.2, -0.15) is 0 Å². The molecule has 0 radical (unpaired) electrons. The monoisotopic (exact) mass is 440 g/mol. The van der Waals surface area contributed by atoms with E-state index in [1.165, 1.54) is 17.5 Å². The molecule has 0 aromatic heterocycles. The second-order valence-corrected chi connectivity index (χ2v) is 8.58. The minimum absolute atomic E-state index is 0.162.